The zero-order valence-corrected chi connectivity index (χ0v) is 11.5. The number of ether oxygens (including phenoxy) is 2. The van der Waals surface area contributed by atoms with Gasteiger partial charge in [-0.15, -0.1) is 0 Å². The molecule has 0 aromatic heterocycles. The molecule has 0 saturated carbocycles. The standard InChI is InChI=1S/C12H18BrNO2/c1-14(9-12(15-2)16-3)8-10-6-4-5-7-11(10)13/h4-7,12H,8-9H2,1-3H3. The van der Waals surface area contributed by atoms with Gasteiger partial charge in [-0.3, -0.25) is 4.90 Å². The number of methoxy groups -OCH3 is 2. The average Bonchev–Trinajstić information content (AvgIpc) is 2.29. The minimum absolute atomic E-state index is 0.174. The van der Waals surface area contributed by atoms with E-state index < -0.39 is 0 Å². The molecular formula is C12H18BrNO2. The van der Waals surface area contributed by atoms with Crippen molar-refractivity contribution in [1.29, 1.82) is 0 Å². The molecule has 0 unspecified atom stereocenters. The van der Waals surface area contributed by atoms with E-state index in [2.05, 4.69) is 26.9 Å². The molecular weight excluding hydrogens is 270 g/mol. The van der Waals surface area contributed by atoms with Crippen molar-refractivity contribution in [2.45, 2.75) is 12.8 Å². The molecule has 0 amide bonds. The van der Waals surface area contributed by atoms with Crippen molar-refractivity contribution in [1.82, 2.24) is 4.90 Å². The highest BCUT2D eigenvalue weighted by Gasteiger charge is 2.10. The third-order valence-electron chi connectivity index (χ3n) is 2.38. The van der Waals surface area contributed by atoms with Crippen LogP contribution in [0.15, 0.2) is 28.7 Å². The van der Waals surface area contributed by atoms with Crippen molar-refractivity contribution in [2.75, 3.05) is 27.8 Å². The zero-order valence-electron chi connectivity index (χ0n) is 9.94. The maximum absolute atomic E-state index is 5.16. The molecule has 0 saturated heterocycles. The highest BCUT2D eigenvalue weighted by Crippen LogP contribution is 2.17. The van der Waals surface area contributed by atoms with Gasteiger partial charge in [0.05, 0.1) is 0 Å². The van der Waals surface area contributed by atoms with Gasteiger partial charge in [0.1, 0.15) is 0 Å². The van der Waals surface area contributed by atoms with Gasteiger partial charge in [0.15, 0.2) is 6.29 Å². The third kappa shape index (κ3) is 4.22. The summed E-state index contributed by atoms with van der Waals surface area (Å²) in [5.74, 6) is 0. The largest absolute Gasteiger partial charge is 0.355 e. The Morgan fingerprint density at radius 3 is 2.44 bits per heavy atom. The molecule has 0 aliphatic heterocycles. The van der Waals surface area contributed by atoms with E-state index in [1.54, 1.807) is 14.2 Å². The number of hydrogen-bond donors (Lipinski definition) is 0. The van der Waals surface area contributed by atoms with Gasteiger partial charge in [0.2, 0.25) is 0 Å². The van der Waals surface area contributed by atoms with Gasteiger partial charge in [-0.25, -0.2) is 0 Å². The van der Waals surface area contributed by atoms with Crippen molar-refractivity contribution in [2.24, 2.45) is 0 Å². The van der Waals surface area contributed by atoms with Crippen LogP contribution in [0, 0.1) is 0 Å². The lowest BCUT2D eigenvalue weighted by Gasteiger charge is -2.22. The molecule has 0 atom stereocenters. The molecule has 0 radical (unpaired) electrons. The Morgan fingerprint density at radius 1 is 1.25 bits per heavy atom. The molecule has 0 aliphatic rings. The average molecular weight is 288 g/mol. The van der Waals surface area contributed by atoms with Crippen LogP contribution >= 0.6 is 15.9 Å². The molecule has 4 heteroatoms. The minimum Gasteiger partial charge on any atom is -0.355 e. The second kappa shape index (κ2) is 7.01. The lowest BCUT2D eigenvalue weighted by molar-refractivity contribution is -0.114. The number of halogens is 1. The Balaban J connectivity index is 2.51. The van der Waals surface area contributed by atoms with Crippen LogP contribution in [0.2, 0.25) is 0 Å². The summed E-state index contributed by atoms with van der Waals surface area (Å²) < 4.78 is 11.5. The van der Waals surface area contributed by atoms with Crippen LogP contribution in [0.1, 0.15) is 5.56 Å². The summed E-state index contributed by atoms with van der Waals surface area (Å²) in [4.78, 5) is 2.16. The highest BCUT2D eigenvalue weighted by atomic mass is 79.9. The van der Waals surface area contributed by atoms with Gasteiger partial charge in [-0.2, -0.15) is 0 Å². The summed E-state index contributed by atoms with van der Waals surface area (Å²) >= 11 is 3.54. The molecule has 0 bridgehead atoms. The van der Waals surface area contributed by atoms with Crippen molar-refractivity contribution < 1.29 is 9.47 Å². The molecule has 0 heterocycles. The minimum atomic E-state index is -0.174. The van der Waals surface area contributed by atoms with Crippen molar-refractivity contribution >= 4 is 15.9 Å². The van der Waals surface area contributed by atoms with Gasteiger partial charge in [0, 0.05) is 31.8 Å². The van der Waals surface area contributed by atoms with Gasteiger partial charge in [0.25, 0.3) is 0 Å². The smallest absolute Gasteiger partial charge is 0.169 e. The van der Waals surface area contributed by atoms with E-state index in [1.165, 1.54) is 5.56 Å². The zero-order chi connectivity index (χ0) is 12.0. The first-order chi connectivity index (χ1) is 7.67. The van der Waals surface area contributed by atoms with Gasteiger partial charge in [-0.1, -0.05) is 34.1 Å². The van der Waals surface area contributed by atoms with Crippen LogP contribution in [0.5, 0.6) is 0 Å². The fourth-order valence-electron chi connectivity index (χ4n) is 1.48. The van der Waals surface area contributed by atoms with Crippen LogP contribution in [0.3, 0.4) is 0 Å². The predicted octanol–water partition coefficient (Wildman–Crippen LogP) is 2.50. The Labute approximate surface area is 105 Å². The SMILES string of the molecule is COC(CN(C)Cc1ccccc1Br)OC. The Kier molecular flexibility index (Phi) is 5.98. The quantitative estimate of drug-likeness (QED) is 0.751. The molecule has 3 nitrogen and oxygen atoms in total. The van der Waals surface area contributed by atoms with Crippen molar-refractivity contribution in [3.8, 4) is 0 Å². The Bertz CT molecular complexity index is 316. The van der Waals surface area contributed by atoms with E-state index in [1.807, 2.05) is 25.2 Å². The summed E-state index contributed by atoms with van der Waals surface area (Å²) in [6.45, 7) is 1.61. The molecule has 1 rings (SSSR count). The first kappa shape index (κ1) is 13.6. The highest BCUT2D eigenvalue weighted by molar-refractivity contribution is 9.10. The fourth-order valence-corrected chi connectivity index (χ4v) is 1.89. The van der Waals surface area contributed by atoms with E-state index >= 15 is 0 Å². The monoisotopic (exact) mass is 287 g/mol. The van der Waals surface area contributed by atoms with Crippen LogP contribution in [0.4, 0.5) is 0 Å². The number of benzene rings is 1. The molecule has 0 spiro atoms. The lowest BCUT2D eigenvalue weighted by atomic mass is 10.2. The van der Waals surface area contributed by atoms with Crippen LogP contribution in [-0.4, -0.2) is 39.0 Å². The second-order valence-corrected chi connectivity index (χ2v) is 4.54. The predicted molar refractivity (Wildman–Crippen MR) is 68.3 cm³/mol. The number of nitrogens with zero attached hydrogens (tertiary/aromatic N) is 1. The first-order valence-corrected chi connectivity index (χ1v) is 5.94. The lowest BCUT2D eigenvalue weighted by Crippen LogP contribution is -2.31. The summed E-state index contributed by atoms with van der Waals surface area (Å²) in [6, 6.07) is 8.21. The van der Waals surface area contributed by atoms with Crippen LogP contribution < -0.4 is 0 Å². The van der Waals surface area contributed by atoms with E-state index in [0.717, 1.165) is 17.6 Å². The Hall–Kier alpha value is -0.420. The molecule has 16 heavy (non-hydrogen) atoms. The summed E-state index contributed by atoms with van der Waals surface area (Å²) in [5, 5.41) is 0. The van der Waals surface area contributed by atoms with Crippen LogP contribution in [0.25, 0.3) is 0 Å². The topological polar surface area (TPSA) is 21.7 Å². The molecule has 0 aliphatic carbocycles. The normalized spacial score (nSPS) is 11.4. The fraction of sp³-hybridized carbons (Fsp3) is 0.500. The second-order valence-electron chi connectivity index (χ2n) is 3.69. The molecule has 0 fully saturated rings. The molecule has 1 aromatic carbocycles. The summed E-state index contributed by atoms with van der Waals surface area (Å²) in [5.41, 5.74) is 1.26. The number of likely N-dealkylation sites (N-methyl/N-ethyl adjacent to an activating group) is 1. The maximum atomic E-state index is 5.16. The van der Waals surface area contributed by atoms with E-state index in [9.17, 15) is 0 Å². The number of rotatable bonds is 6. The van der Waals surface area contributed by atoms with E-state index in [0.29, 0.717) is 0 Å². The third-order valence-corrected chi connectivity index (χ3v) is 3.16. The van der Waals surface area contributed by atoms with E-state index in [-0.39, 0.29) is 6.29 Å². The maximum Gasteiger partial charge on any atom is 0.169 e. The summed E-state index contributed by atoms with van der Waals surface area (Å²) in [6.07, 6.45) is -0.174. The first-order valence-electron chi connectivity index (χ1n) is 5.15. The van der Waals surface area contributed by atoms with Gasteiger partial charge >= 0.3 is 0 Å². The van der Waals surface area contributed by atoms with Crippen molar-refractivity contribution in [3.63, 3.8) is 0 Å². The number of hydrogen-bond acceptors (Lipinski definition) is 3. The Morgan fingerprint density at radius 2 is 1.88 bits per heavy atom. The molecule has 1 aromatic rings. The molecule has 0 N–H and O–H groups in total. The van der Waals surface area contributed by atoms with Crippen molar-refractivity contribution in [3.05, 3.63) is 34.3 Å². The molecule has 90 valence electrons. The summed E-state index contributed by atoms with van der Waals surface area (Å²) in [7, 11) is 5.35. The van der Waals surface area contributed by atoms with Gasteiger partial charge < -0.3 is 9.47 Å². The van der Waals surface area contributed by atoms with E-state index in [4.69, 9.17) is 9.47 Å². The van der Waals surface area contributed by atoms with Crippen LogP contribution in [-0.2, 0) is 16.0 Å². The van der Waals surface area contributed by atoms with Gasteiger partial charge in [-0.05, 0) is 18.7 Å².